The lowest BCUT2D eigenvalue weighted by Crippen LogP contribution is -2.43. The molecule has 0 heterocycles. The number of carbonyl (C=O) groups is 1. The molecule has 0 fully saturated rings. The van der Waals surface area contributed by atoms with Crippen LogP contribution in [0.1, 0.15) is 54.4 Å². The molecule has 0 radical (unpaired) electrons. The Kier molecular flexibility index (Phi) is 5.89. The minimum absolute atomic E-state index is 0.0532. The number of amides is 1. The zero-order valence-corrected chi connectivity index (χ0v) is 13.2. The average Bonchev–Trinajstić information content (AvgIpc) is 2.28. The van der Waals surface area contributed by atoms with Crippen LogP contribution >= 0.6 is 0 Å². The first-order valence-electron chi connectivity index (χ1n) is 7.50. The Hall–Kier alpha value is -0.990. The van der Waals surface area contributed by atoms with Crippen LogP contribution in [-0.2, 0) is 4.74 Å². The van der Waals surface area contributed by atoms with Crippen molar-refractivity contribution in [2.75, 3.05) is 0 Å². The minimum Gasteiger partial charge on any atom is -0.442 e. The lowest BCUT2D eigenvalue weighted by molar-refractivity contribution is 0.0534. The van der Waals surface area contributed by atoms with E-state index in [-0.39, 0.29) is 24.3 Å². The van der Waals surface area contributed by atoms with Crippen molar-refractivity contribution in [2.45, 2.75) is 72.6 Å². The Labute approximate surface area is 118 Å². The number of ether oxygens (including phenoxy) is 1. The van der Waals surface area contributed by atoms with E-state index in [4.69, 9.17) is 4.74 Å². The van der Waals surface area contributed by atoms with Gasteiger partial charge in [0, 0.05) is 12.1 Å². The average molecular weight is 267 g/mol. The van der Waals surface area contributed by atoms with Crippen LogP contribution in [0.25, 0.3) is 0 Å². The molecule has 0 unspecified atom stereocenters. The van der Waals surface area contributed by atoms with E-state index in [1.807, 2.05) is 27.7 Å². The van der Waals surface area contributed by atoms with Crippen molar-refractivity contribution in [3.63, 3.8) is 0 Å². The van der Waals surface area contributed by atoms with E-state index < -0.39 is 0 Å². The second-order valence-corrected chi connectivity index (χ2v) is 6.39. The summed E-state index contributed by atoms with van der Waals surface area (Å²) in [7, 11) is 0. The number of nitrogens with zero attached hydrogens (tertiary/aromatic N) is 1. The van der Waals surface area contributed by atoms with Crippen LogP contribution in [0.3, 0.4) is 0 Å². The number of carbonyl (C=O) groups excluding carboxylic acids is 1. The third-order valence-electron chi connectivity index (χ3n) is 3.79. The van der Waals surface area contributed by atoms with Crippen LogP contribution in [0.5, 0.6) is 0 Å². The van der Waals surface area contributed by atoms with Crippen LogP contribution in [0.4, 0.5) is 4.79 Å². The molecule has 1 aliphatic rings. The number of hydrogen-bond donors (Lipinski definition) is 0. The van der Waals surface area contributed by atoms with Gasteiger partial charge in [0.15, 0.2) is 0 Å². The maximum Gasteiger partial charge on any atom is 0.410 e. The van der Waals surface area contributed by atoms with E-state index in [1.165, 1.54) is 0 Å². The van der Waals surface area contributed by atoms with E-state index in [9.17, 15) is 4.79 Å². The highest BCUT2D eigenvalue weighted by atomic mass is 16.6. The fourth-order valence-corrected chi connectivity index (χ4v) is 2.68. The first kappa shape index (κ1) is 16.1. The molecule has 110 valence electrons. The van der Waals surface area contributed by atoms with Crippen molar-refractivity contribution in [2.24, 2.45) is 11.8 Å². The molecule has 1 amide bonds. The molecule has 0 N–H and O–H groups in total. The van der Waals surface area contributed by atoms with Gasteiger partial charge in [-0.05, 0) is 58.4 Å². The molecule has 3 heteroatoms. The van der Waals surface area contributed by atoms with E-state index in [1.54, 1.807) is 4.90 Å². The SMILES string of the molecule is CC(C)[C@@H]1C=C[C@@H](OC(=O)N(C(C)C)C(C)C)CC1. The zero-order valence-electron chi connectivity index (χ0n) is 13.2. The standard InChI is InChI=1S/C16H29NO2/c1-11(2)14-7-9-15(10-8-14)19-16(18)17(12(3)4)13(5)6/h7,9,11-15H,8,10H2,1-6H3/t14-,15-/m1/s1. The molecular weight excluding hydrogens is 238 g/mol. The van der Waals surface area contributed by atoms with Gasteiger partial charge < -0.3 is 9.64 Å². The van der Waals surface area contributed by atoms with Gasteiger partial charge in [-0.2, -0.15) is 0 Å². The van der Waals surface area contributed by atoms with Gasteiger partial charge in [-0.15, -0.1) is 0 Å². The zero-order chi connectivity index (χ0) is 14.6. The number of hydrogen-bond acceptors (Lipinski definition) is 2. The van der Waals surface area contributed by atoms with E-state index in [0.717, 1.165) is 12.8 Å². The Morgan fingerprint density at radius 1 is 1.05 bits per heavy atom. The minimum atomic E-state index is -0.192. The monoisotopic (exact) mass is 267 g/mol. The summed E-state index contributed by atoms with van der Waals surface area (Å²) in [4.78, 5) is 14.0. The Morgan fingerprint density at radius 3 is 2.00 bits per heavy atom. The summed E-state index contributed by atoms with van der Waals surface area (Å²) >= 11 is 0. The number of rotatable bonds is 4. The van der Waals surface area contributed by atoms with Crippen molar-refractivity contribution in [1.82, 2.24) is 4.90 Å². The lowest BCUT2D eigenvalue weighted by atomic mass is 9.86. The predicted molar refractivity (Wildman–Crippen MR) is 79.1 cm³/mol. The third kappa shape index (κ3) is 4.55. The molecule has 0 aromatic carbocycles. The Bertz CT molecular complexity index is 313. The molecule has 0 saturated carbocycles. The lowest BCUT2D eigenvalue weighted by Gasteiger charge is -2.32. The fraction of sp³-hybridized carbons (Fsp3) is 0.812. The molecule has 0 saturated heterocycles. The quantitative estimate of drug-likeness (QED) is 0.713. The largest absolute Gasteiger partial charge is 0.442 e. The van der Waals surface area contributed by atoms with Crippen LogP contribution in [-0.4, -0.2) is 29.2 Å². The smallest absolute Gasteiger partial charge is 0.410 e. The van der Waals surface area contributed by atoms with Gasteiger partial charge in [-0.1, -0.05) is 19.9 Å². The molecule has 1 aliphatic carbocycles. The van der Waals surface area contributed by atoms with Crippen molar-refractivity contribution in [3.05, 3.63) is 12.2 Å². The summed E-state index contributed by atoms with van der Waals surface area (Å²) in [5.74, 6) is 1.29. The normalized spacial score (nSPS) is 23.2. The van der Waals surface area contributed by atoms with Gasteiger partial charge in [0.1, 0.15) is 6.10 Å². The van der Waals surface area contributed by atoms with Gasteiger partial charge in [0.05, 0.1) is 0 Å². The van der Waals surface area contributed by atoms with Crippen LogP contribution < -0.4 is 0 Å². The molecule has 0 bridgehead atoms. The van der Waals surface area contributed by atoms with Crippen LogP contribution in [0, 0.1) is 11.8 Å². The van der Waals surface area contributed by atoms with E-state index >= 15 is 0 Å². The molecule has 3 nitrogen and oxygen atoms in total. The number of allylic oxidation sites excluding steroid dienone is 1. The summed E-state index contributed by atoms with van der Waals surface area (Å²) in [5, 5.41) is 0. The Balaban J connectivity index is 2.56. The maximum atomic E-state index is 12.2. The van der Waals surface area contributed by atoms with Crippen LogP contribution in [0.2, 0.25) is 0 Å². The van der Waals surface area contributed by atoms with Crippen molar-refractivity contribution in [1.29, 1.82) is 0 Å². The highest BCUT2D eigenvalue weighted by Gasteiger charge is 2.26. The second kappa shape index (κ2) is 6.97. The van der Waals surface area contributed by atoms with Gasteiger partial charge in [-0.25, -0.2) is 4.79 Å². The topological polar surface area (TPSA) is 29.5 Å². The summed E-state index contributed by atoms with van der Waals surface area (Å²) in [6.07, 6.45) is 6.07. The van der Waals surface area contributed by atoms with E-state index in [0.29, 0.717) is 11.8 Å². The van der Waals surface area contributed by atoms with Crippen LogP contribution in [0.15, 0.2) is 12.2 Å². The maximum absolute atomic E-state index is 12.2. The molecular formula is C16H29NO2. The van der Waals surface area contributed by atoms with Crippen molar-refractivity contribution < 1.29 is 9.53 Å². The van der Waals surface area contributed by atoms with Gasteiger partial charge >= 0.3 is 6.09 Å². The van der Waals surface area contributed by atoms with E-state index in [2.05, 4.69) is 26.0 Å². The first-order valence-corrected chi connectivity index (χ1v) is 7.50. The summed E-state index contributed by atoms with van der Waals surface area (Å²) in [6.45, 7) is 12.6. The van der Waals surface area contributed by atoms with Gasteiger partial charge in [0.25, 0.3) is 0 Å². The fourth-order valence-electron chi connectivity index (χ4n) is 2.68. The van der Waals surface area contributed by atoms with Crippen molar-refractivity contribution in [3.8, 4) is 0 Å². The molecule has 0 aromatic heterocycles. The predicted octanol–water partition coefficient (Wildman–Crippen LogP) is 4.23. The summed E-state index contributed by atoms with van der Waals surface area (Å²) < 4.78 is 5.60. The molecule has 0 aliphatic heterocycles. The second-order valence-electron chi connectivity index (χ2n) is 6.39. The summed E-state index contributed by atoms with van der Waals surface area (Å²) in [6, 6.07) is 0.340. The van der Waals surface area contributed by atoms with Crippen molar-refractivity contribution >= 4 is 6.09 Å². The first-order chi connectivity index (χ1) is 8.82. The Morgan fingerprint density at radius 2 is 1.63 bits per heavy atom. The molecule has 19 heavy (non-hydrogen) atoms. The summed E-state index contributed by atoms with van der Waals surface area (Å²) in [5.41, 5.74) is 0. The molecule has 0 aromatic rings. The highest BCUT2D eigenvalue weighted by molar-refractivity contribution is 5.68. The third-order valence-corrected chi connectivity index (χ3v) is 3.79. The van der Waals surface area contributed by atoms with Gasteiger partial charge in [0.2, 0.25) is 0 Å². The molecule has 0 spiro atoms. The molecule has 1 rings (SSSR count). The van der Waals surface area contributed by atoms with Gasteiger partial charge in [-0.3, -0.25) is 0 Å². The highest BCUT2D eigenvalue weighted by Crippen LogP contribution is 2.26. The molecule has 2 atom stereocenters.